The molecule has 2 radical (unpaired) electrons. The van der Waals surface area contributed by atoms with Gasteiger partial charge < -0.3 is 5.21 Å². The molecule has 0 bridgehead atoms. The Balaban J connectivity index is -0.00000000667. The Kier molecular flexibility index (Phi) is 204. The quantitative estimate of drug-likeness (QED) is 0.370. The van der Waals surface area contributed by atoms with E-state index in [1.54, 1.807) is 0 Å². The minimum absolute atomic E-state index is 0. The van der Waals surface area contributed by atoms with Gasteiger partial charge in [-0.3, -0.25) is 0 Å². The van der Waals surface area contributed by atoms with Gasteiger partial charge in [0.2, 0.25) is 0 Å². The SMILES string of the molecule is Cl.Cl.O=NO.[SnH2]. The number of hydrogen-bond acceptors (Lipinski definition) is 2. The van der Waals surface area contributed by atoms with E-state index in [0.717, 1.165) is 0 Å². The molecule has 0 aromatic rings. The second-order valence-corrected chi connectivity index (χ2v) is 0.0816. The Morgan fingerprint density at radius 2 is 1.33 bits per heavy atom. The molecule has 1 N–H and O–H groups in total. The van der Waals surface area contributed by atoms with E-state index in [4.69, 9.17) is 10.1 Å². The summed E-state index contributed by atoms with van der Waals surface area (Å²) in [5.74, 6) is 0. The topological polar surface area (TPSA) is 49.7 Å². The third kappa shape index (κ3) is 113. The second kappa shape index (κ2) is 41.7. The number of halogens is 2. The van der Waals surface area contributed by atoms with Gasteiger partial charge in [0.15, 0.2) is 5.34 Å². The molecule has 40 valence electrons. The van der Waals surface area contributed by atoms with Crippen LogP contribution in [0.1, 0.15) is 0 Å². The van der Waals surface area contributed by atoms with Crippen molar-refractivity contribution in [3.63, 3.8) is 0 Å². The van der Waals surface area contributed by atoms with Crippen LogP contribution in [0.15, 0.2) is 5.34 Å². The van der Waals surface area contributed by atoms with Crippen LogP contribution in [0.2, 0.25) is 0 Å². The summed E-state index contributed by atoms with van der Waals surface area (Å²) in [6, 6.07) is 0. The van der Waals surface area contributed by atoms with Crippen LogP contribution in [0.3, 0.4) is 0 Å². The zero-order valence-electron chi connectivity index (χ0n) is 2.83. The fraction of sp³-hybridized carbons (Fsp3) is 0. The Labute approximate surface area is 64.2 Å². The molecule has 0 unspecified atom stereocenters. The third-order valence-corrected chi connectivity index (χ3v) is 0. The van der Waals surface area contributed by atoms with E-state index in [0.29, 0.717) is 0 Å². The van der Waals surface area contributed by atoms with Crippen molar-refractivity contribution >= 4 is 48.7 Å². The maximum absolute atomic E-state index is 8.11. The first-order valence-electron chi connectivity index (χ1n) is 0.383. The first kappa shape index (κ1) is 29.3. The summed E-state index contributed by atoms with van der Waals surface area (Å²) in [5.41, 5.74) is 0. The number of hydrogen-bond donors (Lipinski definition) is 1. The molecule has 0 aromatic heterocycles. The van der Waals surface area contributed by atoms with Crippen molar-refractivity contribution in [2.24, 2.45) is 5.34 Å². The van der Waals surface area contributed by atoms with Crippen molar-refractivity contribution in [2.75, 3.05) is 0 Å². The van der Waals surface area contributed by atoms with Crippen LogP contribution in [0.5, 0.6) is 0 Å². The fourth-order valence-corrected chi connectivity index (χ4v) is 0. The average molecular weight is 241 g/mol. The molecular formula is H5Cl2NO2Sn. The second-order valence-electron chi connectivity index (χ2n) is 0.0816. The summed E-state index contributed by atoms with van der Waals surface area (Å²) in [6.45, 7) is 0. The van der Waals surface area contributed by atoms with Gasteiger partial charge in [-0.25, -0.2) is 0 Å². The number of rotatable bonds is 0. The van der Waals surface area contributed by atoms with Gasteiger partial charge in [0, 0.05) is 0 Å². The standard InChI is InChI=1S/2ClH.HNO2.Sn.2H/c;;2-1-3;;;/h2*1H;(H,2,3);;;. The Morgan fingerprint density at radius 1 is 1.33 bits per heavy atom. The molecule has 0 aliphatic carbocycles. The van der Waals surface area contributed by atoms with Crippen molar-refractivity contribution in [3.8, 4) is 0 Å². The van der Waals surface area contributed by atoms with Crippen LogP contribution >= 0.6 is 24.8 Å². The van der Waals surface area contributed by atoms with Crippen LogP contribution in [-0.2, 0) is 0 Å². The van der Waals surface area contributed by atoms with Gasteiger partial charge in [0.05, 0.1) is 0 Å². The molecule has 0 amide bonds. The molecule has 0 aromatic carbocycles. The molecule has 0 rings (SSSR count). The molecule has 0 fully saturated rings. The predicted octanol–water partition coefficient (Wildman–Crippen LogP) is 0.0694. The zero-order valence-corrected chi connectivity index (χ0v) is 8.50. The molecule has 6 heteroatoms. The Hall–Kier alpha value is 0.779. The predicted molar refractivity (Wildman–Crippen MR) is 30.6 cm³/mol. The van der Waals surface area contributed by atoms with Crippen LogP contribution < -0.4 is 0 Å². The summed E-state index contributed by atoms with van der Waals surface area (Å²) in [7, 11) is 0. The van der Waals surface area contributed by atoms with Gasteiger partial charge in [-0.2, -0.15) is 0 Å². The Morgan fingerprint density at radius 3 is 1.33 bits per heavy atom. The molecule has 0 aliphatic rings. The van der Waals surface area contributed by atoms with E-state index >= 15 is 0 Å². The van der Waals surface area contributed by atoms with E-state index in [2.05, 4.69) is 0 Å². The van der Waals surface area contributed by atoms with Crippen molar-refractivity contribution in [1.29, 1.82) is 0 Å². The average Bonchev–Trinajstić information content (AvgIpc) is 0.918. The molecule has 0 saturated heterocycles. The summed E-state index contributed by atoms with van der Waals surface area (Å²) < 4.78 is 0. The third-order valence-electron chi connectivity index (χ3n) is 0. The van der Waals surface area contributed by atoms with Crippen LogP contribution in [0.4, 0.5) is 0 Å². The fourth-order valence-electron chi connectivity index (χ4n) is 0. The van der Waals surface area contributed by atoms with Gasteiger partial charge in [-0.1, -0.05) is 0 Å². The molecule has 0 saturated carbocycles. The summed E-state index contributed by atoms with van der Waals surface area (Å²) >= 11 is 0. The molecular weight excluding hydrogens is 236 g/mol. The van der Waals surface area contributed by atoms with Crippen molar-refractivity contribution < 1.29 is 5.21 Å². The van der Waals surface area contributed by atoms with Crippen molar-refractivity contribution in [3.05, 3.63) is 4.91 Å². The van der Waals surface area contributed by atoms with E-state index in [9.17, 15) is 0 Å². The van der Waals surface area contributed by atoms with Gasteiger partial charge >= 0.3 is 23.9 Å². The van der Waals surface area contributed by atoms with E-state index in [1.165, 1.54) is 5.34 Å². The maximum atomic E-state index is 8.11. The molecule has 0 atom stereocenters. The monoisotopic (exact) mass is 241 g/mol. The number of nitrogens with zero attached hydrogens (tertiary/aromatic N) is 1. The van der Waals surface area contributed by atoms with Crippen LogP contribution in [-0.4, -0.2) is 29.1 Å². The molecule has 0 spiro atoms. The van der Waals surface area contributed by atoms with Gasteiger partial charge in [-0.05, 0) is 0 Å². The van der Waals surface area contributed by atoms with Gasteiger partial charge in [0.1, 0.15) is 0 Å². The van der Waals surface area contributed by atoms with E-state index < -0.39 is 0 Å². The molecule has 0 heterocycles. The van der Waals surface area contributed by atoms with Crippen molar-refractivity contribution in [2.45, 2.75) is 0 Å². The first-order valence-corrected chi connectivity index (χ1v) is 0.383. The van der Waals surface area contributed by atoms with E-state index in [1.807, 2.05) is 0 Å². The van der Waals surface area contributed by atoms with E-state index in [-0.39, 0.29) is 48.7 Å². The summed E-state index contributed by atoms with van der Waals surface area (Å²) in [6.07, 6.45) is 0. The van der Waals surface area contributed by atoms with Crippen molar-refractivity contribution in [1.82, 2.24) is 0 Å². The molecule has 3 nitrogen and oxygen atoms in total. The van der Waals surface area contributed by atoms with Crippen LogP contribution in [0.25, 0.3) is 0 Å². The molecule has 0 aliphatic heterocycles. The van der Waals surface area contributed by atoms with Crippen LogP contribution in [0, 0.1) is 4.91 Å². The summed E-state index contributed by atoms with van der Waals surface area (Å²) in [4.78, 5) is 8.11. The normalized spacial score (nSPS) is 2.00. The first-order chi connectivity index (χ1) is 1.41. The zero-order chi connectivity index (χ0) is 2.71. The minimum atomic E-state index is 0. The summed E-state index contributed by atoms with van der Waals surface area (Å²) in [5, 5.41) is 7.89. The van der Waals surface area contributed by atoms with Gasteiger partial charge in [0.25, 0.3) is 0 Å². The van der Waals surface area contributed by atoms with Gasteiger partial charge in [-0.15, -0.1) is 29.7 Å². The Bertz CT molecular complexity index is 19.0. The molecule has 6 heavy (non-hydrogen) atoms.